The average molecular weight is 231 g/mol. The maximum Gasteiger partial charge on any atom is 0.272 e. The van der Waals surface area contributed by atoms with Crippen LogP contribution in [0.3, 0.4) is 0 Å². The first kappa shape index (κ1) is 12.7. The van der Waals surface area contributed by atoms with E-state index in [1.54, 1.807) is 25.2 Å². The van der Waals surface area contributed by atoms with Gasteiger partial charge in [-0.05, 0) is 13.1 Å². The van der Waals surface area contributed by atoms with Crippen LogP contribution in [0, 0.1) is 0 Å². The Hall–Kier alpha value is -1.36. The summed E-state index contributed by atoms with van der Waals surface area (Å²) in [7, 11) is 3.30. The maximum atomic E-state index is 12.0. The lowest BCUT2D eigenvalue weighted by molar-refractivity contribution is 0.0812. The Labute approximate surface area is 93.4 Å². The molecule has 3 nitrogen and oxygen atoms in total. The second-order valence-electron chi connectivity index (χ2n) is 3.21. The van der Waals surface area contributed by atoms with Crippen LogP contribution in [-0.4, -0.2) is 27.2 Å². The molecule has 5 heteroatoms. The fraction of sp³-hybridized carbons (Fsp3) is 0.455. The first-order valence-electron chi connectivity index (χ1n) is 4.89. The predicted molar refractivity (Wildman–Crippen MR) is 57.3 cm³/mol. The van der Waals surface area contributed by atoms with Crippen molar-refractivity contribution in [3.05, 3.63) is 23.8 Å². The average Bonchev–Trinajstić information content (AvgIpc) is 2.28. The Kier molecular flexibility index (Phi) is 4.98. The van der Waals surface area contributed by atoms with Crippen LogP contribution in [0.2, 0.25) is 0 Å². The first-order chi connectivity index (χ1) is 7.67. The fourth-order valence-corrected chi connectivity index (χ4v) is 1.29. The Bertz CT molecular complexity index is 332. The normalized spacial score (nSPS) is 10.6. The number of alkyl halides is 2. The van der Waals surface area contributed by atoms with Gasteiger partial charge in [0.2, 0.25) is 0 Å². The molecule has 0 radical (unpaired) electrons. The van der Waals surface area contributed by atoms with Gasteiger partial charge in [0.25, 0.3) is 6.43 Å². The molecule has 0 atom stereocenters. The van der Waals surface area contributed by atoms with E-state index in [1.807, 2.05) is 0 Å². The third-order valence-corrected chi connectivity index (χ3v) is 2.01. The molecule has 0 spiro atoms. The first-order valence-corrected chi connectivity index (χ1v) is 4.89. The molecule has 0 aliphatic rings. The van der Waals surface area contributed by atoms with Gasteiger partial charge in [-0.25, -0.2) is 8.78 Å². The third kappa shape index (κ3) is 3.66. The number of rotatable bonds is 6. The van der Waals surface area contributed by atoms with Gasteiger partial charge < -0.3 is 14.8 Å². The van der Waals surface area contributed by atoms with E-state index < -0.39 is 13.0 Å². The molecule has 1 aromatic rings. The summed E-state index contributed by atoms with van der Waals surface area (Å²) in [4.78, 5) is 0. The molecule has 0 saturated carbocycles. The van der Waals surface area contributed by atoms with Crippen molar-refractivity contribution in [2.24, 2.45) is 0 Å². The summed E-state index contributed by atoms with van der Waals surface area (Å²) in [6, 6.07) is 5.16. The summed E-state index contributed by atoms with van der Waals surface area (Å²) in [5.41, 5.74) is 0.823. The van der Waals surface area contributed by atoms with Crippen molar-refractivity contribution in [1.29, 1.82) is 0 Å². The van der Waals surface area contributed by atoms with E-state index in [0.29, 0.717) is 18.0 Å². The van der Waals surface area contributed by atoms with Gasteiger partial charge in [0, 0.05) is 18.2 Å². The van der Waals surface area contributed by atoms with Gasteiger partial charge >= 0.3 is 0 Å². The lowest BCUT2D eigenvalue weighted by Crippen LogP contribution is -2.11. The van der Waals surface area contributed by atoms with E-state index in [2.05, 4.69) is 5.32 Å². The molecule has 90 valence electrons. The zero-order chi connectivity index (χ0) is 12.0. The number of nitrogens with one attached hydrogen (secondary N) is 1. The molecule has 0 aliphatic carbocycles. The van der Waals surface area contributed by atoms with Gasteiger partial charge in [-0.1, -0.05) is 6.07 Å². The van der Waals surface area contributed by atoms with E-state index in [9.17, 15) is 8.78 Å². The van der Waals surface area contributed by atoms with E-state index in [1.165, 1.54) is 7.11 Å². The number of ether oxygens (including phenoxy) is 2. The highest BCUT2D eigenvalue weighted by Gasteiger charge is 2.08. The zero-order valence-corrected chi connectivity index (χ0v) is 9.30. The highest BCUT2D eigenvalue weighted by Crippen LogP contribution is 2.25. The van der Waals surface area contributed by atoms with Crippen LogP contribution in [-0.2, 0) is 6.54 Å². The van der Waals surface area contributed by atoms with Crippen LogP contribution in [0.5, 0.6) is 11.5 Å². The molecule has 0 aliphatic heterocycles. The van der Waals surface area contributed by atoms with Crippen LogP contribution in [0.25, 0.3) is 0 Å². The summed E-state index contributed by atoms with van der Waals surface area (Å²) in [6.07, 6.45) is -2.48. The van der Waals surface area contributed by atoms with Crippen molar-refractivity contribution >= 4 is 0 Å². The molecule has 0 saturated heterocycles. The lowest BCUT2D eigenvalue weighted by Gasteiger charge is -2.12. The minimum atomic E-state index is -2.48. The fourth-order valence-electron chi connectivity index (χ4n) is 1.29. The summed E-state index contributed by atoms with van der Waals surface area (Å²) in [5, 5.41) is 2.94. The number of halogens is 2. The highest BCUT2D eigenvalue weighted by molar-refractivity contribution is 5.40. The number of benzene rings is 1. The smallest absolute Gasteiger partial charge is 0.272 e. The van der Waals surface area contributed by atoms with E-state index in [0.717, 1.165) is 5.56 Å². The van der Waals surface area contributed by atoms with Crippen LogP contribution < -0.4 is 14.8 Å². The Morgan fingerprint density at radius 3 is 2.69 bits per heavy atom. The molecule has 16 heavy (non-hydrogen) atoms. The number of hydrogen-bond donors (Lipinski definition) is 1. The number of hydrogen-bond acceptors (Lipinski definition) is 3. The lowest BCUT2D eigenvalue weighted by atomic mass is 10.2. The van der Waals surface area contributed by atoms with Crippen LogP contribution in [0.15, 0.2) is 18.2 Å². The molecular weight excluding hydrogens is 216 g/mol. The molecule has 0 heterocycles. The quantitative estimate of drug-likeness (QED) is 0.812. The minimum Gasteiger partial charge on any atom is -0.497 e. The topological polar surface area (TPSA) is 30.5 Å². The largest absolute Gasteiger partial charge is 0.497 e. The zero-order valence-electron chi connectivity index (χ0n) is 9.30. The third-order valence-electron chi connectivity index (χ3n) is 2.01. The summed E-state index contributed by atoms with van der Waals surface area (Å²) in [5.74, 6) is 1.01. The Morgan fingerprint density at radius 2 is 2.12 bits per heavy atom. The molecule has 0 bridgehead atoms. The summed E-state index contributed by atoms with van der Waals surface area (Å²) in [6.45, 7) is -0.0492. The molecular formula is C11H15F2NO2. The van der Waals surface area contributed by atoms with Crippen LogP contribution in [0.1, 0.15) is 5.56 Å². The van der Waals surface area contributed by atoms with Gasteiger partial charge in [-0.3, -0.25) is 0 Å². The van der Waals surface area contributed by atoms with E-state index >= 15 is 0 Å². The molecule has 0 aromatic heterocycles. The summed E-state index contributed by atoms with van der Waals surface area (Å²) < 4.78 is 34.1. The van der Waals surface area contributed by atoms with Crippen molar-refractivity contribution in [3.8, 4) is 11.5 Å². The summed E-state index contributed by atoms with van der Waals surface area (Å²) >= 11 is 0. The number of methoxy groups -OCH3 is 1. The van der Waals surface area contributed by atoms with Crippen molar-refractivity contribution in [2.45, 2.75) is 13.0 Å². The van der Waals surface area contributed by atoms with Gasteiger partial charge in [0.1, 0.15) is 18.1 Å². The van der Waals surface area contributed by atoms with E-state index in [4.69, 9.17) is 9.47 Å². The van der Waals surface area contributed by atoms with Crippen molar-refractivity contribution in [2.75, 3.05) is 20.8 Å². The van der Waals surface area contributed by atoms with E-state index in [-0.39, 0.29) is 0 Å². The monoisotopic (exact) mass is 231 g/mol. The van der Waals surface area contributed by atoms with Crippen molar-refractivity contribution in [1.82, 2.24) is 5.32 Å². The standard InChI is InChI=1S/C11H15F2NO2/c1-14-6-8-3-4-9(15-2)5-10(8)16-7-11(12)13/h3-5,11,14H,6-7H2,1-2H3. The van der Waals surface area contributed by atoms with Gasteiger partial charge in [-0.15, -0.1) is 0 Å². The SMILES string of the molecule is CNCc1ccc(OC)cc1OCC(F)F. The minimum absolute atomic E-state index is 0.425. The molecule has 1 aromatic carbocycles. The Balaban J connectivity index is 2.82. The van der Waals surface area contributed by atoms with Crippen LogP contribution in [0.4, 0.5) is 8.78 Å². The predicted octanol–water partition coefficient (Wildman–Crippen LogP) is 2.06. The Morgan fingerprint density at radius 1 is 1.38 bits per heavy atom. The van der Waals surface area contributed by atoms with Gasteiger partial charge in [-0.2, -0.15) is 0 Å². The molecule has 0 amide bonds. The van der Waals surface area contributed by atoms with Gasteiger partial charge in [0.15, 0.2) is 0 Å². The molecule has 1 rings (SSSR count). The second kappa shape index (κ2) is 6.27. The second-order valence-corrected chi connectivity index (χ2v) is 3.21. The molecule has 0 unspecified atom stereocenters. The van der Waals surface area contributed by atoms with Crippen molar-refractivity contribution in [3.63, 3.8) is 0 Å². The van der Waals surface area contributed by atoms with Gasteiger partial charge in [0.05, 0.1) is 7.11 Å². The maximum absolute atomic E-state index is 12.0. The molecule has 0 fully saturated rings. The van der Waals surface area contributed by atoms with Crippen LogP contribution >= 0.6 is 0 Å². The van der Waals surface area contributed by atoms with Crippen molar-refractivity contribution < 1.29 is 18.3 Å². The molecule has 1 N–H and O–H groups in total. The highest BCUT2D eigenvalue weighted by atomic mass is 19.3.